The molecule has 0 spiro atoms. The first kappa shape index (κ1) is 15.0. The first-order valence-corrected chi connectivity index (χ1v) is 6.52. The molecule has 0 aliphatic heterocycles. The molecule has 1 aromatic heterocycles. The topological polar surface area (TPSA) is 53.3 Å². The normalized spacial score (nSPS) is 11.0. The number of hydrogen-bond acceptors (Lipinski definition) is 4. The van der Waals surface area contributed by atoms with Crippen LogP contribution in [-0.2, 0) is 18.4 Å². The van der Waals surface area contributed by atoms with Crippen molar-refractivity contribution in [3.05, 3.63) is 53.4 Å². The first-order chi connectivity index (χ1) is 10.2. The first-order valence-electron chi connectivity index (χ1n) is 6.52. The molecule has 21 heavy (non-hydrogen) atoms. The molecule has 5 heteroatoms. The van der Waals surface area contributed by atoms with Crippen LogP contribution in [-0.4, -0.2) is 29.8 Å². The van der Waals surface area contributed by atoms with Crippen LogP contribution in [0.5, 0.6) is 5.75 Å². The molecule has 5 nitrogen and oxygen atoms in total. The SMILES string of the molecule is COCc1cc(/C=C/C(=O)c2ccnn2C)ccc1OC. The van der Waals surface area contributed by atoms with Crippen molar-refractivity contribution >= 4 is 11.9 Å². The van der Waals surface area contributed by atoms with Gasteiger partial charge in [-0.15, -0.1) is 0 Å². The van der Waals surface area contributed by atoms with Crippen LogP contribution in [0.1, 0.15) is 21.6 Å². The highest BCUT2D eigenvalue weighted by Crippen LogP contribution is 2.21. The summed E-state index contributed by atoms with van der Waals surface area (Å²) < 4.78 is 12.0. The third-order valence-corrected chi connectivity index (χ3v) is 3.10. The van der Waals surface area contributed by atoms with Gasteiger partial charge in [-0.25, -0.2) is 0 Å². The van der Waals surface area contributed by atoms with E-state index >= 15 is 0 Å². The molecule has 2 rings (SSSR count). The third-order valence-electron chi connectivity index (χ3n) is 3.10. The molecule has 110 valence electrons. The van der Waals surface area contributed by atoms with Crippen molar-refractivity contribution in [1.29, 1.82) is 0 Å². The average Bonchev–Trinajstić information content (AvgIpc) is 2.91. The molecule has 0 amide bonds. The number of carbonyl (C=O) groups is 1. The average molecular weight is 286 g/mol. The van der Waals surface area contributed by atoms with Crippen LogP contribution in [0.4, 0.5) is 0 Å². The number of methoxy groups -OCH3 is 2. The molecule has 0 radical (unpaired) electrons. The molecule has 0 aliphatic carbocycles. The Bertz CT molecular complexity index is 659. The lowest BCUT2D eigenvalue weighted by atomic mass is 10.1. The number of aromatic nitrogens is 2. The van der Waals surface area contributed by atoms with E-state index in [4.69, 9.17) is 9.47 Å². The zero-order chi connectivity index (χ0) is 15.2. The number of carbonyl (C=O) groups excluding carboxylic acids is 1. The minimum Gasteiger partial charge on any atom is -0.496 e. The molecule has 0 N–H and O–H groups in total. The molecule has 0 aliphatic rings. The van der Waals surface area contributed by atoms with E-state index in [1.54, 1.807) is 44.3 Å². The summed E-state index contributed by atoms with van der Waals surface area (Å²) in [6, 6.07) is 7.39. The van der Waals surface area contributed by atoms with E-state index in [2.05, 4.69) is 5.10 Å². The largest absolute Gasteiger partial charge is 0.496 e. The predicted octanol–water partition coefficient (Wildman–Crippen LogP) is 2.47. The second-order valence-corrected chi connectivity index (χ2v) is 4.54. The standard InChI is InChI=1S/C16H18N2O3/c1-18-14(8-9-17-18)15(19)6-4-12-5-7-16(21-3)13(10-12)11-20-2/h4-10H,11H2,1-3H3/b6-4+. The predicted molar refractivity (Wildman–Crippen MR) is 80.3 cm³/mol. The van der Waals surface area contributed by atoms with Gasteiger partial charge >= 0.3 is 0 Å². The fourth-order valence-electron chi connectivity index (χ4n) is 2.04. The summed E-state index contributed by atoms with van der Waals surface area (Å²) in [6.07, 6.45) is 4.91. The minimum absolute atomic E-state index is 0.0842. The fraction of sp³-hybridized carbons (Fsp3) is 0.250. The summed E-state index contributed by atoms with van der Waals surface area (Å²) in [4.78, 5) is 12.0. The zero-order valence-electron chi connectivity index (χ0n) is 12.4. The van der Waals surface area contributed by atoms with Crippen LogP contribution < -0.4 is 4.74 Å². The van der Waals surface area contributed by atoms with Crippen LogP contribution in [0.15, 0.2) is 36.5 Å². The molecule has 0 saturated carbocycles. The van der Waals surface area contributed by atoms with Crippen LogP contribution in [0, 0.1) is 0 Å². The van der Waals surface area contributed by atoms with Gasteiger partial charge in [0.1, 0.15) is 11.4 Å². The molecule has 0 fully saturated rings. The number of ketones is 1. The van der Waals surface area contributed by atoms with E-state index in [9.17, 15) is 4.79 Å². The highest BCUT2D eigenvalue weighted by atomic mass is 16.5. The molecular weight excluding hydrogens is 268 g/mol. The lowest BCUT2D eigenvalue weighted by molar-refractivity contribution is 0.103. The molecule has 0 unspecified atom stereocenters. The van der Waals surface area contributed by atoms with Crippen LogP contribution in [0.25, 0.3) is 6.08 Å². The van der Waals surface area contributed by atoms with Gasteiger partial charge in [0.15, 0.2) is 0 Å². The van der Waals surface area contributed by atoms with Crippen molar-refractivity contribution in [2.75, 3.05) is 14.2 Å². The lowest BCUT2D eigenvalue weighted by Gasteiger charge is -2.08. The Morgan fingerprint density at radius 3 is 2.76 bits per heavy atom. The van der Waals surface area contributed by atoms with E-state index in [-0.39, 0.29) is 5.78 Å². The summed E-state index contributed by atoms with van der Waals surface area (Å²) in [7, 11) is 5.00. The van der Waals surface area contributed by atoms with Gasteiger partial charge in [-0.05, 0) is 29.8 Å². The maximum absolute atomic E-state index is 12.0. The van der Waals surface area contributed by atoms with Gasteiger partial charge in [0, 0.05) is 25.9 Å². The summed E-state index contributed by atoms with van der Waals surface area (Å²) in [5.74, 6) is 0.686. The van der Waals surface area contributed by atoms with Crippen LogP contribution in [0.2, 0.25) is 0 Å². The highest BCUT2D eigenvalue weighted by Gasteiger charge is 2.07. The number of aryl methyl sites for hydroxylation is 1. The van der Waals surface area contributed by atoms with Crippen molar-refractivity contribution in [1.82, 2.24) is 9.78 Å². The Balaban J connectivity index is 2.19. The van der Waals surface area contributed by atoms with Crippen molar-refractivity contribution in [3.8, 4) is 5.75 Å². The number of hydrogen-bond donors (Lipinski definition) is 0. The maximum atomic E-state index is 12.0. The van der Waals surface area contributed by atoms with E-state index in [0.29, 0.717) is 12.3 Å². The van der Waals surface area contributed by atoms with Crippen molar-refractivity contribution in [2.24, 2.45) is 7.05 Å². The fourth-order valence-corrected chi connectivity index (χ4v) is 2.04. The van der Waals surface area contributed by atoms with Crippen LogP contribution >= 0.6 is 0 Å². The molecule has 0 bridgehead atoms. The minimum atomic E-state index is -0.0842. The van der Waals surface area contributed by atoms with Gasteiger partial charge in [-0.1, -0.05) is 12.1 Å². The molecule has 1 heterocycles. The van der Waals surface area contributed by atoms with Gasteiger partial charge < -0.3 is 9.47 Å². The Labute approximate surface area is 123 Å². The summed E-state index contributed by atoms with van der Waals surface area (Å²) in [5, 5.41) is 3.98. The molecule has 2 aromatic rings. The number of rotatable bonds is 6. The van der Waals surface area contributed by atoms with E-state index in [1.165, 1.54) is 6.08 Å². The van der Waals surface area contributed by atoms with Gasteiger partial charge in [0.05, 0.1) is 13.7 Å². The number of nitrogens with zero attached hydrogens (tertiary/aromatic N) is 2. The number of benzene rings is 1. The highest BCUT2D eigenvalue weighted by molar-refractivity contribution is 6.05. The Morgan fingerprint density at radius 1 is 1.33 bits per heavy atom. The molecule has 0 saturated heterocycles. The van der Waals surface area contributed by atoms with Gasteiger partial charge in [0.2, 0.25) is 5.78 Å². The second kappa shape index (κ2) is 6.85. The second-order valence-electron chi connectivity index (χ2n) is 4.54. The molecular formula is C16H18N2O3. The van der Waals surface area contributed by atoms with Crippen LogP contribution in [0.3, 0.4) is 0 Å². The maximum Gasteiger partial charge on any atom is 0.203 e. The zero-order valence-corrected chi connectivity index (χ0v) is 12.4. The van der Waals surface area contributed by atoms with Crippen molar-refractivity contribution < 1.29 is 14.3 Å². The number of allylic oxidation sites excluding steroid dienone is 1. The van der Waals surface area contributed by atoms with E-state index in [1.807, 2.05) is 18.2 Å². The van der Waals surface area contributed by atoms with E-state index in [0.717, 1.165) is 16.9 Å². The van der Waals surface area contributed by atoms with Crippen molar-refractivity contribution in [2.45, 2.75) is 6.61 Å². The molecule has 0 atom stereocenters. The summed E-state index contributed by atoms with van der Waals surface area (Å²) >= 11 is 0. The van der Waals surface area contributed by atoms with Crippen molar-refractivity contribution in [3.63, 3.8) is 0 Å². The quantitative estimate of drug-likeness (QED) is 0.604. The monoisotopic (exact) mass is 286 g/mol. The lowest BCUT2D eigenvalue weighted by Crippen LogP contribution is -2.03. The van der Waals surface area contributed by atoms with Gasteiger partial charge in [0.25, 0.3) is 0 Å². The third kappa shape index (κ3) is 3.58. The Morgan fingerprint density at radius 2 is 2.14 bits per heavy atom. The Hall–Kier alpha value is -2.40. The van der Waals surface area contributed by atoms with Gasteiger partial charge in [-0.2, -0.15) is 5.10 Å². The Kier molecular flexibility index (Phi) is 4.90. The molecule has 1 aromatic carbocycles. The number of ether oxygens (including phenoxy) is 2. The van der Waals surface area contributed by atoms with E-state index < -0.39 is 0 Å². The summed E-state index contributed by atoms with van der Waals surface area (Å²) in [5.41, 5.74) is 2.41. The smallest absolute Gasteiger partial charge is 0.203 e. The van der Waals surface area contributed by atoms with Gasteiger partial charge in [-0.3, -0.25) is 9.48 Å². The summed E-state index contributed by atoms with van der Waals surface area (Å²) in [6.45, 7) is 0.459.